The molecule has 5 nitrogen and oxygen atoms in total. The number of hydrogen-bond acceptors (Lipinski definition) is 3. The molecule has 124 valence electrons. The van der Waals surface area contributed by atoms with Gasteiger partial charge in [0, 0.05) is 23.9 Å². The van der Waals surface area contributed by atoms with E-state index in [4.69, 9.17) is 9.84 Å². The van der Waals surface area contributed by atoms with Crippen LogP contribution in [0.2, 0.25) is 0 Å². The molecule has 0 aliphatic rings. The third kappa shape index (κ3) is 6.21. The van der Waals surface area contributed by atoms with Gasteiger partial charge in [0.25, 0.3) is 0 Å². The highest BCUT2D eigenvalue weighted by atomic mass is 19.4. The molecule has 1 atom stereocenters. The topological polar surface area (TPSA) is 70.6 Å². The number of benzene rings is 1. The summed E-state index contributed by atoms with van der Waals surface area (Å²) in [6.07, 6.45) is -4.02. The van der Waals surface area contributed by atoms with Crippen molar-refractivity contribution in [2.45, 2.75) is 32.5 Å². The van der Waals surface area contributed by atoms with E-state index in [0.29, 0.717) is 17.7 Å². The molecular weight excluding hydrogens is 301 g/mol. The summed E-state index contributed by atoms with van der Waals surface area (Å²) >= 11 is 0. The molecule has 0 bridgehead atoms. The summed E-state index contributed by atoms with van der Waals surface area (Å²) in [7, 11) is 0. The largest absolute Gasteiger partial charge is 0.484 e. The maximum atomic E-state index is 12.2. The lowest BCUT2D eigenvalue weighted by molar-refractivity contribution is -0.153. The summed E-state index contributed by atoms with van der Waals surface area (Å²) in [6, 6.07) is 3.72. The van der Waals surface area contributed by atoms with Crippen LogP contribution in [0.25, 0.3) is 0 Å². The minimum absolute atomic E-state index is 0.0542. The zero-order valence-electron chi connectivity index (χ0n) is 12.3. The number of aliphatic hydroxyl groups is 1. The highest BCUT2D eigenvalue weighted by Gasteiger charge is 2.28. The van der Waals surface area contributed by atoms with Gasteiger partial charge in [0.1, 0.15) is 5.75 Å². The Bertz CT molecular complexity index is 507. The molecule has 1 rings (SSSR count). The SMILES string of the molecule is Cc1c(NC(=O)N[C@H](C)CCO)cccc1OCC(F)(F)F. The second-order valence-corrected chi connectivity index (χ2v) is 4.84. The Balaban J connectivity index is 2.70. The molecule has 1 aromatic rings. The third-order valence-corrected chi connectivity index (χ3v) is 2.86. The number of carbonyl (C=O) groups is 1. The molecule has 22 heavy (non-hydrogen) atoms. The number of halogens is 3. The summed E-state index contributed by atoms with van der Waals surface area (Å²) in [6.45, 7) is 1.84. The van der Waals surface area contributed by atoms with Gasteiger partial charge in [-0.3, -0.25) is 0 Å². The van der Waals surface area contributed by atoms with Gasteiger partial charge in [-0.05, 0) is 32.4 Å². The van der Waals surface area contributed by atoms with Gasteiger partial charge in [0.05, 0.1) is 0 Å². The molecule has 0 saturated heterocycles. The molecule has 0 heterocycles. The van der Waals surface area contributed by atoms with Gasteiger partial charge in [-0.25, -0.2) is 4.79 Å². The maximum absolute atomic E-state index is 12.2. The molecular formula is C14H19F3N2O3. The van der Waals surface area contributed by atoms with Crippen LogP contribution >= 0.6 is 0 Å². The van der Waals surface area contributed by atoms with Crippen molar-refractivity contribution in [3.05, 3.63) is 23.8 Å². The van der Waals surface area contributed by atoms with Crippen LogP contribution < -0.4 is 15.4 Å². The third-order valence-electron chi connectivity index (χ3n) is 2.86. The highest BCUT2D eigenvalue weighted by Crippen LogP contribution is 2.27. The summed E-state index contributed by atoms with van der Waals surface area (Å²) in [5, 5.41) is 13.9. The minimum atomic E-state index is -4.42. The van der Waals surface area contributed by atoms with Gasteiger partial charge in [-0.1, -0.05) is 6.07 Å². The lowest BCUT2D eigenvalue weighted by Gasteiger charge is -2.16. The van der Waals surface area contributed by atoms with Crippen molar-refractivity contribution in [1.82, 2.24) is 5.32 Å². The number of anilines is 1. The Morgan fingerprint density at radius 2 is 2.09 bits per heavy atom. The van der Waals surface area contributed by atoms with Crippen LogP contribution in [0.15, 0.2) is 18.2 Å². The maximum Gasteiger partial charge on any atom is 0.422 e. The first-order chi connectivity index (χ1) is 10.2. The zero-order valence-corrected chi connectivity index (χ0v) is 12.3. The first kappa shape index (κ1) is 18.1. The number of ether oxygens (including phenoxy) is 1. The Morgan fingerprint density at radius 1 is 1.41 bits per heavy atom. The molecule has 0 fully saturated rings. The van der Waals surface area contributed by atoms with Gasteiger partial charge in [-0.15, -0.1) is 0 Å². The second kappa shape index (κ2) is 7.88. The molecule has 0 aliphatic heterocycles. The van der Waals surface area contributed by atoms with Crippen molar-refractivity contribution in [2.75, 3.05) is 18.5 Å². The van der Waals surface area contributed by atoms with E-state index in [9.17, 15) is 18.0 Å². The molecule has 0 aliphatic carbocycles. The summed E-state index contributed by atoms with van der Waals surface area (Å²) in [4.78, 5) is 11.8. The Hall–Kier alpha value is -1.96. The van der Waals surface area contributed by atoms with Crippen LogP contribution in [0, 0.1) is 6.92 Å². The van der Waals surface area contributed by atoms with Crippen LogP contribution in [-0.4, -0.2) is 36.6 Å². The van der Waals surface area contributed by atoms with E-state index >= 15 is 0 Å². The lowest BCUT2D eigenvalue weighted by atomic mass is 10.2. The smallest absolute Gasteiger partial charge is 0.422 e. The van der Waals surface area contributed by atoms with E-state index in [-0.39, 0.29) is 18.4 Å². The molecule has 0 radical (unpaired) electrons. The first-order valence-corrected chi connectivity index (χ1v) is 6.70. The van der Waals surface area contributed by atoms with Gasteiger partial charge in [-0.2, -0.15) is 13.2 Å². The molecule has 1 aromatic carbocycles. The predicted octanol–water partition coefficient (Wildman–Crippen LogP) is 2.83. The van der Waals surface area contributed by atoms with Gasteiger partial charge >= 0.3 is 12.2 Å². The molecule has 0 aromatic heterocycles. The normalized spacial score (nSPS) is 12.6. The number of nitrogens with one attached hydrogen (secondary N) is 2. The average molecular weight is 320 g/mol. The van der Waals surface area contributed by atoms with Gasteiger partial charge in [0.2, 0.25) is 0 Å². The van der Waals surface area contributed by atoms with Crippen molar-refractivity contribution < 1.29 is 27.8 Å². The van der Waals surface area contributed by atoms with E-state index in [1.54, 1.807) is 19.9 Å². The quantitative estimate of drug-likeness (QED) is 0.755. The van der Waals surface area contributed by atoms with Gasteiger partial charge < -0.3 is 20.5 Å². The summed E-state index contributed by atoms with van der Waals surface area (Å²) in [5.74, 6) is 0.0542. The minimum Gasteiger partial charge on any atom is -0.484 e. The van der Waals surface area contributed by atoms with Gasteiger partial charge in [0.15, 0.2) is 6.61 Å². The highest BCUT2D eigenvalue weighted by molar-refractivity contribution is 5.90. The Morgan fingerprint density at radius 3 is 2.68 bits per heavy atom. The van der Waals surface area contributed by atoms with E-state index in [1.165, 1.54) is 12.1 Å². The summed E-state index contributed by atoms with van der Waals surface area (Å²) < 4.78 is 41.2. The van der Waals surface area contributed by atoms with Crippen molar-refractivity contribution in [3.63, 3.8) is 0 Å². The number of hydrogen-bond donors (Lipinski definition) is 3. The molecule has 0 spiro atoms. The molecule has 0 unspecified atom stereocenters. The standard InChI is InChI=1S/C14H19F3N2O3/c1-9(6-7-20)18-13(21)19-11-4-3-5-12(10(11)2)22-8-14(15,16)17/h3-5,9,20H,6-8H2,1-2H3,(H2,18,19,21)/t9-/m1/s1. The second-order valence-electron chi connectivity index (χ2n) is 4.84. The number of urea groups is 1. The Labute approximate surface area is 126 Å². The predicted molar refractivity (Wildman–Crippen MR) is 76.0 cm³/mol. The summed E-state index contributed by atoms with van der Waals surface area (Å²) in [5.41, 5.74) is 0.755. The number of aliphatic hydroxyl groups excluding tert-OH is 1. The van der Waals surface area contributed by atoms with E-state index < -0.39 is 18.8 Å². The first-order valence-electron chi connectivity index (χ1n) is 6.70. The van der Waals surface area contributed by atoms with Crippen LogP contribution in [0.4, 0.5) is 23.7 Å². The number of alkyl halides is 3. The fourth-order valence-electron chi connectivity index (χ4n) is 1.71. The molecule has 2 amide bonds. The van der Waals surface area contributed by atoms with Crippen LogP contribution in [-0.2, 0) is 0 Å². The van der Waals surface area contributed by atoms with E-state index in [0.717, 1.165) is 0 Å². The number of rotatable bonds is 6. The van der Waals surface area contributed by atoms with E-state index in [2.05, 4.69) is 10.6 Å². The fraction of sp³-hybridized carbons (Fsp3) is 0.500. The van der Waals surface area contributed by atoms with Crippen LogP contribution in [0.1, 0.15) is 18.9 Å². The van der Waals surface area contributed by atoms with Crippen molar-refractivity contribution in [3.8, 4) is 5.75 Å². The van der Waals surface area contributed by atoms with E-state index in [1.807, 2.05) is 0 Å². The van der Waals surface area contributed by atoms with Crippen LogP contribution in [0.3, 0.4) is 0 Å². The van der Waals surface area contributed by atoms with Crippen LogP contribution in [0.5, 0.6) is 5.75 Å². The monoisotopic (exact) mass is 320 g/mol. The zero-order chi connectivity index (χ0) is 16.8. The molecule has 3 N–H and O–H groups in total. The molecule has 8 heteroatoms. The average Bonchev–Trinajstić information content (AvgIpc) is 2.39. The van der Waals surface area contributed by atoms with Crippen molar-refractivity contribution >= 4 is 11.7 Å². The Kier molecular flexibility index (Phi) is 6.48. The fourth-order valence-corrected chi connectivity index (χ4v) is 1.71. The number of amides is 2. The molecule has 0 saturated carbocycles. The lowest BCUT2D eigenvalue weighted by Crippen LogP contribution is -2.36. The van der Waals surface area contributed by atoms with Crippen molar-refractivity contribution in [2.24, 2.45) is 0 Å². The number of carbonyl (C=O) groups excluding carboxylic acids is 1. The van der Waals surface area contributed by atoms with Crippen molar-refractivity contribution in [1.29, 1.82) is 0 Å².